The lowest BCUT2D eigenvalue weighted by Gasteiger charge is -2.10. The molecule has 0 aliphatic rings. The van der Waals surface area contributed by atoms with Gasteiger partial charge >= 0.3 is 5.97 Å². The SMILES string of the molecule is Cc1cc(C(=O)O)ccc1NCc1ccc(C(N)=O)cc1. The number of benzene rings is 2. The van der Waals surface area contributed by atoms with Crippen molar-refractivity contribution >= 4 is 17.6 Å². The van der Waals surface area contributed by atoms with Gasteiger partial charge in [-0.15, -0.1) is 0 Å². The fraction of sp³-hybridized carbons (Fsp3) is 0.125. The van der Waals surface area contributed by atoms with Gasteiger partial charge in [-0.05, 0) is 48.4 Å². The molecule has 0 bridgehead atoms. The van der Waals surface area contributed by atoms with Crippen LogP contribution in [0.4, 0.5) is 5.69 Å². The molecule has 0 aliphatic heterocycles. The number of aromatic carboxylic acids is 1. The van der Waals surface area contributed by atoms with E-state index >= 15 is 0 Å². The van der Waals surface area contributed by atoms with Crippen molar-refractivity contribution in [3.8, 4) is 0 Å². The zero-order valence-electron chi connectivity index (χ0n) is 11.6. The Morgan fingerprint density at radius 1 is 1.10 bits per heavy atom. The highest BCUT2D eigenvalue weighted by Crippen LogP contribution is 2.17. The monoisotopic (exact) mass is 284 g/mol. The van der Waals surface area contributed by atoms with Gasteiger partial charge in [0.25, 0.3) is 0 Å². The van der Waals surface area contributed by atoms with Gasteiger partial charge in [-0.2, -0.15) is 0 Å². The van der Waals surface area contributed by atoms with E-state index in [1.54, 1.807) is 30.3 Å². The lowest BCUT2D eigenvalue weighted by atomic mass is 10.1. The number of primary amides is 1. The second-order valence-corrected chi connectivity index (χ2v) is 4.75. The van der Waals surface area contributed by atoms with Crippen LogP contribution in [0, 0.1) is 6.92 Å². The van der Waals surface area contributed by atoms with Crippen LogP contribution in [0.2, 0.25) is 0 Å². The Morgan fingerprint density at radius 2 is 1.71 bits per heavy atom. The second kappa shape index (κ2) is 6.09. The summed E-state index contributed by atoms with van der Waals surface area (Å²) in [6.07, 6.45) is 0. The topological polar surface area (TPSA) is 92.4 Å². The molecule has 2 rings (SSSR count). The van der Waals surface area contributed by atoms with E-state index in [0.29, 0.717) is 12.1 Å². The Morgan fingerprint density at radius 3 is 2.24 bits per heavy atom. The Labute approximate surface area is 122 Å². The molecule has 5 nitrogen and oxygen atoms in total. The Kier molecular flexibility index (Phi) is 4.23. The third-order valence-electron chi connectivity index (χ3n) is 3.19. The third-order valence-corrected chi connectivity index (χ3v) is 3.19. The summed E-state index contributed by atoms with van der Waals surface area (Å²) in [7, 11) is 0. The van der Waals surface area contributed by atoms with E-state index in [-0.39, 0.29) is 5.56 Å². The number of carbonyl (C=O) groups is 2. The maximum absolute atomic E-state index is 11.0. The third kappa shape index (κ3) is 3.60. The second-order valence-electron chi connectivity index (χ2n) is 4.75. The van der Waals surface area contributed by atoms with Crippen molar-refractivity contribution in [2.45, 2.75) is 13.5 Å². The molecule has 1 amide bonds. The molecule has 0 unspecified atom stereocenters. The van der Waals surface area contributed by atoms with Gasteiger partial charge in [-0.1, -0.05) is 12.1 Å². The van der Waals surface area contributed by atoms with Crippen molar-refractivity contribution in [2.24, 2.45) is 5.73 Å². The highest BCUT2D eigenvalue weighted by atomic mass is 16.4. The molecule has 0 radical (unpaired) electrons. The molecule has 0 fully saturated rings. The summed E-state index contributed by atoms with van der Waals surface area (Å²) in [5.41, 5.74) is 8.67. The molecular weight excluding hydrogens is 268 g/mol. The Hall–Kier alpha value is -2.82. The number of rotatable bonds is 5. The number of nitrogens with one attached hydrogen (secondary N) is 1. The van der Waals surface area contributed by atoms with E-state index in [0.717, 1.165) is 16.8 Å². The predicted octanol–water partition coefficient (Wildman–Crippen LogP) is 2.40. The maximum atomic E-state index is 11.0. The number of carboxylic acid groups (broad SMARTS) is 1. The van der Waals surface area contributed by atoms with Crippen molar-refractivity contribution in [3.05, 3.63) is 64.7 Å². The van der Waals surface area contributed by atoms with Crippen molar-refractivity contribution < 1.29 is 14.7 Å². The van der Waals surface area contributed by atoms with Gasteiger partial charge in [0, 0.05) is 17.8 Å². The van der Waals surface area contributed by atoms with Gasteiger partial charge in [-0.25, -0.2) is 4.79 Å². The molecule has 0 aliphatic carbocycles. The first-order valence-electron chi connectivity index (χ1n) is 6.44. The van der Waals surface area contributed by atoms with Gasteiger partial charge in [0.15, 0.2) is 0 Å². The van der Waals surface area contributed by atoms with Crippen LogP contribution in [0.3, 0.4) is 0 Å². The maximum Gasteiger partial charge on any atom is 0.335 e. The summed E-state index contributed by atoms with van der Waals surface area (Å²) in [5.74, 6) is -1.39. The molecule has 4 N–H and O–H groups in total. The average molecular weight is 284 g/mol. The van der Waals surface area contributed by atoms with Crippen LogP contribution in [-0.2, 0) is 6.54 Å². The first-order valence-corrected chi connectivity index (χ1v) is 6.44. The molecule has 0 atom stereocenters. The van der Waals surface area contributed by atoms with Crippen LogP contribution in [0.15, 0.2) is 42.5 Å². The molecule has 0 aromatic heterocycles. The molecule has 0 heterocycles. The van der Waals surface area contributed by atoms with Crippen LogP contribution in [-0.4, -0.2) is 17.0 Å². The summed E-state index contributed by atoms with van der Waals surface area (Å²) >= 11 is 0. The molecule has 108 valence electrons. The number of anilines is 1. The minimum absolute atomic E-state index is 0.267. The van der Waals surface area contributed by atoms with E-state index in [1.165, 1.54) is 0 Å². The van der Waals surface area contributed by atoms with Gasteiger partial charge in [0.2, 0.25) is 5.91 Å². The van der Waals surface area contributed by atoms with Crippen LogP contribution in [0.25, 0.3) is 0 Å². The minimum Gasteiger partial charge on any atom is -0.478 e. The summed E-state index contributed by atoms with van der Waals surface area (Å²) in [4.78, 5) is 21.9. The smallest absolute Gasteiger partial charge is 0.335 e. The molecule has 0 saturated carbocycles. The molecule has 0 spiro atoms. The molecule has 2 aromatic carbocycles. The highest BCUT2D eigenvalue weighted by molar-refractivity contribution is 5.92. The van der Waals surface area contributed by atoms with Gasteiger partial charge in [0.05, 0.1) is 5.56 Å². The first kappa shape index (κ1) is 14.6. The summed E-state index contributed by atoms with van der Waals surface area (Å²) in [6, 6.07) is 12.0. The van der Waals surface area contributed by atoms with Crippen molar-refractivity contribution in [1.82, 2.24) is 0 Å². The van der Waals surface area contributed by atoms with Crippen molar-refractivity contribution in [2.75, 3.05) is 5.32 Å². The standard InChI is InChI=1S/C16H16N2O3/c1-10-8-13(16(20)21)6-7-14(10)18-9-11-2-4-12(5-3-11)15(17)19/h2-8,18H,9H2,1H3,(H2,17,19)(H,20,21). The van der Waals surface area contributed by atoms with Gasteiger partial charge in [-0.3, -0.25) is 4.79 Å². The summed E-state index contributed by atoms with van der Waals surface area (Å²) in [5, 5.41) is 12.2. The molecule has 0 saturated heterocycles. The van der Waals surface area contributed by atoms with Crippen molar-refractivity contribution in [1.29, 1.82) is 0 Å². The van der Waals surface area contributed by atoms with E-state index in [9.17, 15) is 9.59 Å². The number of hydrogen-bond donors (Lipinski definition) is 3. The quantitative estimate of drug-likeness (QED) is 0.786. The minimum atomic E-state index is -0.938. The highest BCUT2D eigenvalue weighted by Gasteiger charge is 2.05. The molecule has 21 heavy (non-hydrogen) atoms. The number of carbonyl (C=O) groups excluding carboxylic acids is 1. The van der Waals surface area contributed by atoms with Crippen molar-refractivity contribution in [3.63, 3.8) is 0 Å². The lowest BCUT2D eigenvalue weighted by molar-refractivity contribution is 0.0696. The fourth-order valence-corrected chi connectivity index (χ4v) is 1.98. The first-order chi connectivity index (χ1) is 9.97. The van der Waals surface area contributed by atoms with E-state index in [2.05, 4.69) is 5.32 Å². The zero-order chi connectivity index (χ0) is 15.4. The van der Waals surface area contributed by atoms with Crippen LogP contribution < -0.4 is 11.1 Å². The Balaban J connectivity index is 2.06. The number of carboxylic acids is 1. The predicted molar refractivity (Wildman–Crippen MR) is 80.4 cm³/mol. The Bertz CT molecular complexity index is 678. The average Bonchev–Trinajstić information content (AvgIpc) is 2.46. The zero-order valence-corrected chi connectivity index (χ0v) is 11.6. The molecule has 2 aromatic rings. The van der Waals surface area contributed by atoms with Gasteiger partial charge < -0.3 is 16.2 Å². The molecule has 5 heteroatoms. The van der Waals surface area contributed by atoms with E-state index < -0.39 is 11.9 Å². The number of nitrogens with two attached hydrogens (primary N) is 1. The summed E-state index contributed by atoms with van der Waals surface area (Å²) < 4.78 is 0. The van der Waals surface area contributed by atoms with E-state index in [4.69, 9.17) is 10.8 Å². The molecular formula is C16H16N2O3. The number of amides is 1. The van der Waals surface area contributed by atoms with Crippen LogP contribution in [0.1, 0.15) is 31.8 Å². The number of aryl methyl sites for hydroxylation is 1. The van der Waals surface area contributed by atoms with E-state index in [1.807, 2.05) is 19.1 Å². The largest absolute Gasteiger partial charge is 0.478 e. The normalized spacial score (nSPS) is 10.1. The lowest BCUT2D eigenvalue weighted by Crippen LogP contribution is -2.10. The number of hydrogen-bond acceptors (Lipinski definition) is 3. The van der Waals surface area contributed by atoms with Crippen LogP contribution >= 0.6 is 0 Å². The van der Waals surface area contributed by atoms with Gasteiger partial charge in [0.1, 0.15) is 0 Å². The summed E-state index contributed by atoms with van der Waals surface area (Å²) in [6.45, 7) is 2.43. The fourth-order valence-electron chi connectivity index (χ4n) is 1.98. The van der Waals surface area contributed by atoms with Crippen LogP contribution in [0.5, 0.6) is 0 Å².